The predicted molar refractivity (Wildman–Crippen MR) is 90.8 cm³/mol. The largest absolute Gasteiger partial charge is 0.493 e. The summed E-state index contributed by atoms with van der Waals surface area (Å²) in [5.41, 5.74) is 1.05. The van der Waals surface area contributed by atoms with E-state index in [1.807, 2.05) is 18.2 Å². The molecule has 2 N–H and O–H groups in total. The molecular formula is C18H28N2O3. The molecule has 1 fully saturated rings. The molecule has 1 amide bonds. The average molecular weight is 320 g/mol. The lowest BCUT2D eigenvalue weighted by Crippen LogP contribution is -2.32. The fraction of sp³-hybridized carbons (Fsp3) is 0.611. The van der Waals surface area contributed by atoms with Crippen LogP contribution in [0.4, 0.5) is 0 Å². The quantitative estimate of drug-likeness (QED) is 0.686. The molecule has 1 aromatic rings. The van der Waals surface area contributed by atoms with Crippen molar-refractivity contribution in [2.75, 3.05) is 27.3 Å². The molecule has 0 heterocycles. The molecule has 1 aliphatic carbocycles. The monoisotopic (exact) mass is 320 g/mol. The molecule has 0 spiro atoms. The van der Waals surface area contributed by atoms with Gasteiger partial charge in [-0.3, -0.25) is 4.79 Å². The Morgan fingerprint density at radius 1 is 1.17 bits per heavy atom. The van der Waals surface area contributed by atoms with Gasteiger partial charge >= 0.3 is 0 Å². The van der Waals surface area contributed by atoms with Crippen molar-refractivity contribution < 1.29 is 14.3 Å². The fourth-order valence-electron chi connectivity index (χ4n) is 3.16. The highest BCUT2D eigenvalue weighted by Gasteiger charge is 2.17. The van der Waals surface area contributed by atoms with E-state index < -0.39 is 0 Å². The Morgan fingerprint density at radius 2 is 1.96 bits per heavy atom. The average Bonchev–Trinajstić information content (AvgIpc) is 3.06. The topological polar surface area (TPSA) is 59.6 Å². The molecule has 5 nitrogen and oxygen atoms in total. The number of rotatable bonds is 9. The first-order valence-corrected chi connectivity index (χ1v) is 8.42. The van der Waals surface area contributed by atoms with Crippen molar-refractivity contribution in [3.63, 3.8) is 0 Å². The SMILES string of the molecule is COc1cccc(CNCCNC(=O)CC2CCCC2)c1OC. The Bertz CT molecular complexity index is 499. The molecule has 2 rings (SSSR count). The van der Waals surface area contributed by atoms with Crippen LogP contribution in [-0.2, 0) is 11.3 Å². The fourth-order valence-corrected chi connectivity index (χ4v) is 3.16. The number of amides is 1. The van der Waals surface area contributed by atoms with Crippen LogP contribution >= 0.6 is 0 Å². The number of carbonyl (C=O) groups excluding carboxylic acids is 1. The summed E-state index contributed by atoms with van der Waals surface area (Å²) >= 11 is 0. The van der Waals surface area contributed by atoms with E-state index >= 15 is 0 Å². The highest BCUT2D eigenvalue weighted by atomic mass is 16.5. The van der Waals surface area contributed by atoms with Crippen LogP contribution in [0.1, 0.15) is 37.7 Å². The summed E-state index contributed by atoms with van der Waals surface area (Å²) in [6.07, 6.45) is 5.66. The Kier molecular flexibility index (Phi) is 7.20. The number of nitrogens with one attached hydrogen (secondary N) is 2. The smallest absolute Gasteiger partial charge is 0.220 e. The van der Waals surface area contributed by atoms with Crippen molar-refractivity contribution in [1.82, 2.24) is 10.6 Å². The van der Waals surface area contributed by atoms with Gasteiger partial charge in [-0.2, -0.15) is 0 Å². The summed E-state index contributed by atoms with van der Waals surface area (Å²) in [5, 5.41) is 6.32. The summed E-state index contributed by atoms with van der Waals surface area (Å²) in [6.45, 7) is 2.06. The highest BCUT2D eigenvalue weighted by molar-refractivity contribution is 5.76. The van der Waals surface area contributed by atoms with Gasteiger partial charge in [-0.25, -0.2) is 0 Å². The van der Waals surface area contributed by atoms with Gasteiger partial charge in [0.15, 0.2) is 11.5 Å². The van der Waals surface area contributed by atoms with Crippen LogP contribution in [-0.4, -0.2) is 33.2 Å². The molecule has 128 valence electrons. The molecule has 5 heteroatoms. The van der Waals surface area contributed by atoms with Crippen LogP contribution in [0.5, 0.6) is 11.5 Å². The normalized spacial score (nSPS) is 14.7. The van der Waals surface area contributed by atoms with Gasteiger partial charge in [0.1, 0.15) is 0 Å². The predicted octanol–water partition coefficient (Wildman–Crippen LogP) is 2.49. The van der Waals surface area contributed by atoms with Crippen LogP contribution in [0.3, 0.4) is 0 Å². The number of methoxy groups -OCH3 is 2. The lowest BCUT2D eigenvalue weighted by Gasteiger charge is -2.13. The molecule has 0 atom stereocenters. The van der Waals surface area contributed by atoms with Crippen molar-refractivity contribution in [2.24, 2.45) is 5.92 Å². The van der Waals surface area contributed by atoms with Crippen LogP contribution in [0, 0.1) is 5.92 Å². The Hall–Kier alpha value is -1.75. The first kappa shape index (κ1) is 17.6. The lowest BCUT2D eigenvalue weighted by atomic mass is 10.0. The van der Waals surface area contributed by atoms with Crippen molar-refractivity contribution in [2.45, 2.75) is 38.6 Å². The minimum absolute atomic E-state index is 0.178. The van der Waals surface area contributed by atoms with E-state index in [1.54, 1.807) is 14.2 Å². The third kappa shape index (κ3) is 5.43. The van der Waals surface area contributed by atoms with Crippen molar-refractivity contribution in [3.8, 4) is 11.5 Å². The van der Waals surface area contributed by atoms with Gasteiger partial charge in [-0.15, -0.1) is 0 Å². The zero-order valence-electron chi connectivity index (χ0n) is 14.2. The maximum atomic E-state index is 11.8. The first-order valence-electron chi connectivity index (χ1n) is 8.42. The second-order valence-electron chi connectivity index (χ2n) is 6.03. The van der Waals surface area contributed by atoms with Gasteiger partial charge in [0.2, 0.25) is 5.91 Å². The van der Waals surface area contributed by atoms with Crippen molar-refractivity contribution >= 4 is 5.91 Å². The highest BCUT2D eigenvalue weighted by Crippen LogP contribution is 2.30. The molecule has 0 aromatic heterocycles. The molecule has 1 aliphatic rings. The van der Waals surface area contributed by atoms with E-state index in [9.17, 15) is 4.79 Å². The van der Waals surface area contributed by atoms with Crippen LogP contribution < -0.4 is 20.1 Å². The maximum Gasteiger partial charge on any atom is 0.220 e. The molecule has 0 bridgehead atoms. The summed E-state index contributed by atoms with van der Waals surface area (Å²) in [6, 6.07) is 5.83. The van der Waals surface area contributed by atoms with Gasteiger partial charge in [-0.1, -0.05) is 25.0 Å². The second-order valence-corrected chi connectivity index (χ2v) is 6.03. The Balaban J connectivity index is 1.66. The summed E-state index contributed by atoms with van der Waals surface area (Å²) < 4.78 is 10.7. The van der Waals surface area contributed by atoms with E-state index in [1.165, 1.54) is 25.7 Å². The maximum absolute atomic E-state index is 11.8. The molecule has 0 radical (unpaired) electrons. The van der Waals surface area contributed by atoms with E-state index in [0.29, 0.717) is 25.4 Å². The summed E-state index contributed by atoms with van der Waals surface area (Å²) in [5.74, 6) is 2.27. The zero-order chi connectivity index (χ0) is 16.5. The van der Waals surface area contributed by atoms with E-state index in [4.69, 9.17) is 9.47 Å². The van der Waals surface area contributed by atoms with Gasteiger partial charge < -0.3 is 20.1 Å². The number of benzene rings is 1. The van der Waals surface area contributed by atoms with Crippen molar-refractivity contribution in [1.29, 1.82) is 0 Å². The molecule has 0 aliphatic heterocycles. The Labute approximate surface area is 138 Å². The lowest BCUT2D eigenvalue weighted by molar-refractivity contribution is -0.121. The minimum atomic E-state index is 0.178. The van der Waals surface area contributed by atoms with Gasteiger partial charge in [-0.05, 0) is 24.8 Å². The zero-order valence-corrected chi connectivity index (χ0v) is 14.2. The molecule has 23 heavy (non-hydrogen) atoms. The van der Waals surface area contributed by atoms with E-state index in [-0.39, 0.29) is 5.91 Å². The number of ether oxygens (including phenoxy) is 2. The van der Waals surface area contributed by atoms with Crippen LogP contribution in [0.2, 0.25) is 0 Å². The third-order valence-electron chi connectivity index (χ3n) is 4.37. The third-order valence-corrected chi connectivity index (χ3v) is 4.37. The minimum Gasteiger partial charge on any atom is -0.493 e. The summed E-state index contributed by atoms with van der Waals surface area (Å²) in [4.78, 5) is 11.8. The molecule has 1 aromatic carbocycles. The van der Waals surface area contributed by atoms with Crippen molar-refractivity contribution in [3.05, 3.63) is 23.8 Å². The second kappa shape index (κ2) is 9.40. The number of hydrogen-bond acceptors (Lipinski definition) is 4. The number of hydrogen-bond donors (Lipinski definition) is 2. The van der Waals surface area contributed by atoms with E-state index in [0.717, 1.165) is 23.6 Å². The summed E-state index contributed by atoms with van der Waals surface area (Å²) in [7, 11) is 3.28. The van der Waals surface area contributed by atoms with Gasteiger partial charge in [0.05, 0.1) is 14.2 Å². The van der Waals surface area contributed by atoms with Gasteiger partial charge in [0, 0.05) is 31.6 Å². The molecule has 0 saturated heterocycles. The standard InChI is InChI=1S/C18H28N2O3/c1-22-16-9-5-8-15(18(16)23-2)13-19-10-11-20-17(21)12-14-6-3-4-7-14/h5,8-9,14,19H,3-4,6-7,10-13H2,1-2H3,(H,20,21). The number of para-hydroxylation sites is 1. The molecule has 0 unspecified atom stereocenters. The van der Waals surface area contributed by atoms with Crippen LogP contribution in [0.25, 0.3) is 0 Å². The number of carbonyl (C=O) groups is 1. The van der Waals surface area contributed by atoms with E-state index in [2.05, 4.69) is 10.6 Å². The molecule has 1 saturated carbocycles. The van der Waals surface area contributed by atoms with Crippen LogP contribution in [0.15, 0.2) is 18.2 Å². The molecular weight excluding hydrogens is 292 g/mol. The first-order chi connectivity index (χ1) is 11.2. The Morgan fingerprint density at radius 3 is 2.65 bits per heavy atom. The van der Waals surface area contributed by atoms with Gasteiger partial charge in [0.25, 0.3) is 0 Å².